The molecule has 2 nitrogen and oxygen atoms in total. The third-order valence-corrected chi connectivity index (χ3v) is 11.7. The Morgan fingerprint density at radius 1 is 0.346 bits per heavy atom. The van der Waals surface area contributed by atoms with Gasteiger partial charge in [-0.1, -0.05) is 149 Å². The van der Waals surface area contributed by atoms with Gasteiger partial charge in [0.05, 0.1) is 17.1 Å². The van der Waals surface area contributed by atoms with Crippen molar-refractivity contribution in [3.8, 4) is 67.2 Å². The van der Waals surface area contributed by atoms with Crippen LogP contribution >= 0.6 is 0 Å². The minimum Gasteiger partial charge on any atom is -0.256 e. The first-order valence-corrected chi connectivity index (χ1v) is 18.2. The van der Waals surface area contributed by atoms with Crippen LogP contribution in [0.2, 0.25) is 0 Å². The topological polar surface area (TPSA) is 25.8 Å². The van der Waals surface area contributed by atoms with Crippen molar-refractivity contribution in [2.24, 2.45) is 0 Å². The highest BCUT2D eigenvalue weighted by molar-refractivity contribution is 5.88. The molecule has 0 aliphatic heterocycles. The van der Waals surface area contributed by atoms with Gasteiger partial charge in [-0.05, 0) is 91.4 Å². The maximum atomic E-state index is 5.42. The zero-order chi connectivity index (χ0) is 35.2. The molecule has 2 heteroatoms. The van der Waals surface area contributed by atoms with Crippen molar-refractivity contribution in [3.63, 3.8) is 0 Å². The summed E-state index contributed by atoms with van der Waals surface area (Å²) in [7, 11) is 0. The summed E-state index contributed by atoms with van der Waals surface area (Å²) in [6.07, 6.45) is 1.96. The van der Waals surface area contributed by atoms with Gasteiger partial charge >= 0.3 is 0 Å². The maximum absolute atomic E-state index is 5.42. The first kappa shape index (κ1) is 30.7. The smallest absolute Gasteiger partial charge is 0.0715 e. The van der Waals surface area contributed by atoms with Crippen molar-refractivity contribution < 1.29 is 0 Å². The lowest BCUT2D eigenvalue weighted by molar-refractivity contribution is 0.660. The molecule has 2 aromatic heterocycles. The zero-order valence-electron chi connectivity index (χ0n) is 29.9. The number of rotatable bonds is 4. The van der Waals surface area contributed by atoms with Crippen LogP contribution in [-0.2, 0) is 10.8 Å². The molecule has 2 heterocycles. The van der Waals surface area contributed by atoms with Crippen LogP contribution in [0.3, 0.4) is 0 Å². The van der Waals surface area contributed by atoms with Gasteiger partial charge in [-0.15, -0.1) is 0 Å². The molecule has 2 aliphatic carbocycles. The lowest BCUT2D eigenvalue weighted by Gasteiger charge is -2.21. The fraction of sp³-hybridized carbons (Fsp3) is 0.120. The highest BCUT2D eigenvalue weighted by Crippen LogP contribution is 2.51. The number of pyridine rings is 2. The highest BCUT2D eigenvalue weighted by atomic mass is 14.7. The average molecular weight is 667 g/mol. The van der Waals surface area contributed by atoms with E-state index in [1.54, 1.807) is 0 Å². The molecule has 0 fully saturated rings. The Hall–Kier alpha value is -6.12. The number of hydrogen-bond acceptors (Lipinski definition) is 2. The first-order valence-electron chi connectivity index (χ1n) is 18.2. The number of benzene rings is 6. The number of aromatic nitrogens is 2. The van der Waals surface area contributed by atoms with E-state index in [4.69, 9.17) is 9.97 Å². The highest BCUT2D eigenvalue weighted by Gasteiger charge is 2.36. The second-order valence-corrected chi connectivity index (χ2v) is 15.5. The molecule has 0 radical (unpaired) electrons. The number of nitrogens with zero attached hydrogens (tertiary/aromatic N) is 2. The van der Waals surface area contributed by atoms with Gasteiger partial charge in [0.1, 0.15) is 0 Å². The van der Waals surface area contributed by atoms with Crippen LogP contribution < -0.4 is 0 Å². The molecule has 248 valence electrons. The lowest BCUT2D eigenvalue weighted by atomic mass is 9.82. The first-order chi connectivity index (χ1) is 25.3. The van der Waals surface area contributed by atoms with Crippen molar-refractivity contribution in [2.45, 2.75) is 38.5 Å². The van der Waals surface area contributed by atoms with E-state index in [2.05, 4.69) is 179 Å². The van der Waals surface area contributed by atoms with Crippen LogP contribution in [0.1, 0.15) is 49.9 Å². The molecule has 0 atom stereocenters. The number of fused-ring (bicyclic) bond motifs is 7. The summed E-state index contributed by atoms with van der Waals surface area (Å²) in [5.41, 5.74) is 19.2. The SMILES string of the molecule is CC1(C)c2ccccc2-c2cc(-c3cc(-c4ccc(-c5cc6ccccc6cn5)cc4)cc(-c4ccc5c(c4)-c4ccccc4C5(C)C)n3)ccc21. The van der Waals surface area contributed by atoms with Gasteiger partial charge < -0.3 is 0 Å². The largest absolute Gasteiger partial charge is 0.256 e. The molecular formula is C50H38N2. The third-order valence-electron chi connectivity index (χ3n) is 11.7. The molecular weight excluding hydrogens is 629 g/mol. The summed E-state index contributed by atoms with van der Waals surface area (Å²) in [6, 6.07) is 55.4. The zero-order valence-corrected chi connectivity index (χ0v) is 29.9. The van der Waals surface area contributed by atoms with E-state index < -0.39 is 0 Å². The van der Waals surface area contributed by atoms with Crippen molar-refractivity contribution in [2.75, 3.05) is 0 Å². The Bertz CT molecular complexity index is 2610. The third kappa shape index (κ3) is 4.64. The summed E-state index contributed by atoms with van der Waals surface area (Å²) in [5, 5.41) is 2.35. The average Bonchev–Trinajstić information content (AvgIpc) is 3.56. The summed E-state index contributed by atoms with van der Waals surface area (Å²) in [5.74, 6) is 0. The van der Waals surface area contributed by atoms with Crippen molar-refractivity contribution in [1.29, 1.82) is 0 Å². The van der Waals surface area contributed by atoms with E-state index in [1.807, 2.05) is 6.20 Å². The van der Waals surface area contributed by atoms with Crippen LogP contribution in [0.4, 0.5) is 0 Å². The summed E-state index contributed by atoms with van der Waals surface area (Å²) in [6.45, 7) is 9.33. The van der Waals surface area contributed by atoms with Gasteiger partial charge in [0.25, 0.3) is 0 Å². The molecule has 2 aliphatic rings. The summed E-state index contributed by atoms with van der Waals surface area (Å²) >= 11 is 0. The molecule has 0 saturated carbocycles. The standard InChI is InChI=1S/C50H38N2/c1-49(2)42-15-9-7-13-38(42)40-25-34(21-23-44(40)49)47-28-37(31-17-19-32(20-18-31)46-27-33-11-5-6-12-36(33)30-51-46)29-48(52-47)35-22-24-45-41(26-35)39-14-8-10-16-43(39)50(45,3)4/h5-30H,1-4H3. The molecule has 52 heavy (non-hydrogen) atoms. The van der Waals surface area contributed by atoms with Gasteiger partial charge in [-0.25, -0.2) is 4.98 Å². The normalized spacial score (nSPS) is 14.5. The fourth-order valence-corrected chi connectivity index (χ4v) is 8.83. The summed E-state index contributed by atoms with van der Waals surface area (Å²) in [4.78, 5) is 10.2. The second-order valence-electron chi connectivity index (χ2n) is 15.5. The Morgan fingerprint density at radius 3 is 1.38 bits per heavy atom. The van der Waals surface area contributed by atoms with E-state index >= 15 is 0 Å². The van der Waals surface area contributed by atoms with Gasteiger partial charge in [-0.3, -0.25) is 4.98 Å². The molecule has 0 amide bonds. The van der Waals surface area contributed by atoms with Crippen molar-refractivity contribution in [1.82, 2.24) is 9.97 Å². The van der Waals surface area contributed by atoms with Crippen molar-refractivity contribution >= 4 is 10.8 Å². The molecule has 0 unspecified atom stereocenters. The van der Waals surface area contributed by atoms with Gasteiger partial charge in [0.2, 0.25) is 0 Å². The van der Waals surface area contributed by atoms with Crippen LogP contribution in [-0.4, -0.2) is 9.97 Å². The Labute approximate surface area is 305 Å². The molecule has 0 N–H and O–H groups in total. The molecule has 10 rings (SSSR count). The monoisotopic (exact) mass is 666 g/mol. The molecule has 0 saturated heterocycles. The van der Waals surface area contributed by atoms with Crippen LogP contribution in [0.5, 0.6) is 0 Å². The van der Waals surface area contributed by atoms with E-state index in [-0.39, 0.29) is 10.8 Å². The van der Waals surface area contributed by atoms with E-state index in [9.17, 15) is 0 Å². The lowest BCUT2D eigenvalue weighted by Crippen LogP contribution is -2.14. The van der Waals surface area contributed by atoms with E-state index in [0.717, 1.165) is 50.3 Å². The molecule has 8 aromatic rings. The Kier molecular flexibility index (Phi) is 6.60. The second kappa shape index (κ2) is 11.2. The van der Waals surface area contributed by atoms with Gasteiger partial charge in [0, 0.05) is 39.1 Å². The minimum absolute atomic E-state index is 0.0407. The molecule has 0 spiro atoms. The van der Waals surface area contributed by atoms with Crippen molar-refractivity contribution in [3.05, 3.63) is 180 Å². The van der Waals surface area contributed by atoms with Gasteiger partial charge in [0.15, 0.2) is 0 Å². The Balaban J connectivity index is 1.12. The number of hydrogen-bond donors (Lipinski definition) is 0. The Morgan fingerprint density at radius 2 is 0.808 bits per heavy atom. The predicted molar refractivity (Wildman–Crippen MR) is 216 cm³/mol. The molecule has 6 aromatic carbocycles. The quantitative estimate of drug-likeness (QED) is 0.187. The van der Waals surface area contributed by atoms with Crippen LogP contribution in [0, 0.1) is 0 Å². The minimum atomic E-state index is -0.0407. The van der Waals surface area contributed by atoms with E-state index in [0.29, 0.717) is 0 Å². The van der Waals surface area contributed by atoms with Crippen LogP contribution in [0.25, 0.3) is 77.9 Å². The fourth-order valence-electron chi connectivity index (χ4n) is 8.83. The van der Waals surface area contributed by atoms with Crippen LogP contribution in [0.15, 0.2) is 158 Å². The maximum Gasteiger partial charge on any atom is 0.0715 e. The van der Waals surface area contributed by atoms with Gasteiger partial charge in [-0.2, -0.15) is 0 Å². The predicted octanol–water partition coefficient (Wildman–Crippen LogP) is 12.9. The summed E-state index contributed by atoms with van der Waals surface area (Å²) < 4.78 is 0. The van der Waals surface area contributed by atoms with E-state index in [1.165, 1.54) is 49.9 Å². The molecule has 0 bridgehead atoms.